The van der Waals surface area contributed by atoms with Crippen molar-refractivity contribution in [1.29, 1.82) is 0 Å². The molecule has 1 unspecified atom stereocenters. The molecule has 0 fully saturated rings. The highest BCUT2D eigenvalue weighted by Crippen LogP contribution is 2.29. The Hall–Kier alpha value is -3.02. The van der Waals surface area contributed by atoms with Gasteiger partial charge >= 0.3 is 5.97 Å². The molecule has 2 rings (SSSR count). The van der Waals surface area contributed by atoms with E-state index in [1.165, 1.54) is 0 Å². The number of hydrogen-bond acceptors (Lipinski definition) is 4. The molecule has 2 aromatic rings. The molecule has 0 saturated heterocycles. The van der Waals surface area contributed by atoms with E-state index in [1.807, 2.05) is 38.1 Å². The molecule has 0 aliphatic heterocycles. The van der Waals surface area contributed by atoms with Gasteiger partial charge in [-0.25, -0.2) is 4.79 Å². The zero-order valence-electron chi connectivity index (χ0n) is 15.1. The fraction of sp³-hybridized carbons (Fsp3) is 0.300. The lowest BCUT2D eigenvalue weighted by molar-refractivity contribution is -0.139. The van der Waals surface area contributed by atoms with Crippen LogP contribution in [0.15, 0.2) is 42.5 Å². The van der Waals surface area contributed by atoms with Crippen LogP contribution in [-0.4, -0.2) is 30.2 Å². The van der Waals surface area contributed by atoms with Crippen molar-refractivity contribution in [3.63, 3.8) is 0 Å². The van der Waals surface area contributed by atoms with Crippen LogP contribution in [0.4, 0.5) is 0 Å². The molecule has 1 atom stereocenters. The van der Waals surface area contributed by atoms with Crippen molar-refractivity contribution in [2.45, 2.75) is 26.8 Å². The molecule has 0 heterocycles. The van der Waals surface area contributed by atoms with Crippen molar-refractivity contribution in [3.05, 3.63) is 59.2 Å². The first-order chi connectivity index (χ1) is 12.4. The summed E-state index contributed by atoms with van der Waals surface area (Å²) in [5.41, 5.74) is 2.58. The van der Waals surface area contributed by atoms with E-state index in [0.29, 0.717) is 17.9 Å². The maximum atomic E-state index is 12.5. The summed E-state index contributed by atoms with van der Waals surface area (Å²) in [4.78, 5) is 23.2. The van der Waals surface area contributed by atoms with Gasteiger partial charge in [-0.15, -0.1) is 0 Å². The van der Waals surface area contributed by atoms with Crippen molar-refractivity contribution in [2.75, 3.05) is 13.2 Å². The Bertz CT molecular complexity index is 770. The Morgan fingerprint density at radius 3 is 2.38 bits per heavy atom. The van der Waals surface area contributed by atoms with E-state index in [2.05, 4.69) is 5.32 Å². The third-order valence-corrected chi connectivity index (χ3v) is 3.78. The van der Waals surface area contributed by atoms with E-state index in [1.54, 1.807) is 25.1 Å². The van der Waals surface area contributed by atoms with Gasteiger partial charge in [0.25, 0.3) is 5.91 Å². The quantitative estimate of drug-likeness (QED) is 0.757. The minimum Gasteiger partial charge on any atom is -0.490 e. The fourth-order valence-electron chi connectivity index (χ4n) is 2.39. The number of aryl methyl sites for hydroxylation is 1. The van der Waals surface area contributed by atoms with Gasteiger partial charge in [-0.2, -0.15) is 0 Å². The third kappa shape index (κ3) is 5.24. The minimum absolute atomic E-state index is 0.151. The van der Waals surface area contributed by atoms with E-state index in [-0.39, 0.29) is 17.7 Å². The lowest BCUT2D eigenvalue weighted by Gasteiger charge is -2.16. The van der Waals surface area contributed by atoms with Gasteiger partial charge in [-0.3, -0.25) is 4.79 Å². The first-order valence-corrected chi connectivity index (χ1v) is 8.39. The SMILES string of the molecule is CCOc1cc(C(=O)NC(C)c2ccc(C)cc2)ccc1OCC(=O)O. The summed E-state index contributed by atoms with van der Waals surface area (Å²) in [6.45, 7) is 5.62. The first-order valence-electron chi connectivity index (χ1n) is 8.39. The second-order valence-electron chi connectivity index (χ2n) is 5.88. The lowest BCUT2D eigenvalue weighted by atomic mass is 10.1. The number of rotatable bonds is 8. The van der Waals surface area contributed by atoms with Gasteiger partial charge < -0.3 is 19.9 Å². The number of amides is 1. The standard InChI is InChI=1S/C20H23NO5/c1-4-25-18-11-16(9-10-17(18)26-12-19(22)23)20(24)21-14(3)15-7-5-13(2)6-8-15/h5-11,14H,4,12H2,1-3H3,(H,21,24)(H,22,23). The second-order valence-corrected chi connectivity index (χ2v) is 5.88. The summed E-state index contributed by atoms with van der Waals surface area (Å²) >= 11 is 0. The van der Waals surface area contributed by atoms with E-state index >= 15 is 0 Å². The Labute approximate surface area is 152 Å². The molecular formula is C20H23NO5. The van der Waals surface area contributed by atoms with Crippen LogP contribution >= 0.6 is 0 Å². The average molecular weight is 357 g/mol. The number of aliphatic carboxylic acids is 1. The topological polar surface area (TPSA) is 84.9 Å². The number of benzene rings is 2. The molecule has 1 amide bonds. The fourth-order valence-corrected chi connectivity index (χ4v) is 2.39. The molecule has 2 N–H and O–H groups in total. The van der Waals surface area contributed by atoms with Crippen LogP contribution in [-0.2, 0) is 4.79 Å². The van der Waals surface area contributed by atoms with Crippen LogP contribution in [0.5, 0.6) is 11.5 Å². The number of carboxylic acid groups (broad SMARTS) is 1. The number of nitrogens with one attached hydrogen (secondary N) is 1. The zero-order valence-corrected chi connectivity index (χ0v) is 15.1. The van der Waals surface area contributed by atoms with Crippen molar-refractivity contribution in [1.82, 2.24) is 5.32 Å². The van der Waals surface area contributed by atoms with E-state index < -0.39 is 12.6 Å². The summed E-state index contributed by atoms with van der Waals surface area (Å²) in [6.07, 6.45) is 0. The molecule has 26 heavy (non-hydrogen) atoms. The van der Waals surface area contributed by atoms with Gasteiger partial charge in [0.2, 0.25) is 0 Å². The smallest absolute Gasteiger partial charge is 0.341 e. The largest absolute Gasteiger partial charge is 0.490 e. The molecule has 0 saturated carbocycles. The van der Waals surface area contributed by atoms with E-state index in [9.17, 15) is 9.59 Å². The Morgan fingerprint density at radius 1 is 1.08 bits per heavy atom. The molecule has 0 aromatic heterocycles. The lowest BCUT2D eigenvalue weighted by Crippen LogP contribution is -2.26. The molecule has 6 nitrogen and oxygen atoms in total. The van der Waals surface area contributed by atoms with Crippen molar-refractivity contribution >= 4 is 11.9 Å². The zero-order chi connectivity index (χ0) is 19.1. The molecule has 2 aromatic carbocycles. The second kappa shape index (κ2) is 8.89. The normalized spacial score (nSPS) is 11.5. The number of carbonyl (C=O) groups is 2. The number of carboxylic acids is 1. The highest BCUT2D eigenvalue weighted by atomic mass is 16.5. The molecule has 0 spiro atoms. The van der Waals surface area contributed by atoms with E-state index in [0.717, 1.165) is 11.1 Å². The number of carbonyl (C=O) groups excluding carboxylic acids is 1. The molecule has 6 heteroatoms. The van der Waals surface area contributed by atoms with Gasteiger partial charge in [-0.1, -0.05) is 29.8 Å². The van der Waals surface area contributed by atoms with Crippen molar-refractivity contribution < 1.29 is 24.2 Å². The molecule has 0 radical (unpaired) electrons. The minimum atomic E-state index is -1.08. The van der Waals surface area contributed by atoms with E-state index in [4.69, 9.17) is 14.6 Å². The monoisotopic (exact) mass is 357 g/mol. The van der Waals surface area contributed by atoms with Crippen LogP contribution in [0.1, 0.15) is 41.4 Å². The molecule has 0 aliphatic carbocycles. The Balaban J connectivity index is 2.13. The molecule has 0 bridgehead atoms. The summed E-state index contributed by atoms with van der Waals surface area (Å²) < 4.78 is 10.7. The van der Waals surface area contributed by atoms with Crippen LogP contribution < -0.4 is 14.8 Å². The highest BCUT2D eigenvalue weighted by molar-refractivity contribution is 5.95. The van der Waals surface area contributed by atoms with Crippen LogP contribution in [0, 0.1) is 6.92 Å². The Kier molecular flexibility index (Phi) is 6.60. The molecule has 0 aliphatic rings. The third-order valence-electron chi connectivity index (χ3n) is 3.78. The van der Waals surface area contributed by atoms with Gasteiger partial charge in [0.1, 0.15) is 0 Å². The highest BCUT2D eigenvalue weighted by Gasteiger charge is 2.15. The predicted molar refractivity (Wildman–Crippen MR) is 97.8 cm³/mol. The van der Waals surface area contributed by atoms with Crippen LogP contribution in [0.25, 0.3) is 0 Å². The summed E-state index contributed by atoms with van der Waals surface area (Å²) in [5, 5.41) is 11.7. The van der Waals surface area contributed by atoms with Crippen molar-refractivity contribution in [2.24, 2.45) is 0 Å². The summed E-state index contributed by atoms with van der Waals surface area (Å²) in [6, 6.07) is 12.5. The van der Waals surface area contributed by atoms with Gasteiger partial charge in [0.15, 0.2) is 18.1 Å². The Morgan fingerprint density at radius 2 is 1.77 bits per heavy atom. The van der Waals surface area contributed by atoms with Gasteiger partial charge in [0, 0.05) is 5.56 Å². The van der Waals surface area contributed by atoms with Crippen LogP contribution in [0.2, 0.25) is 0 Å². The maximum Gasteiger partial charge on any atom is 0.341 e. The predicted octanol–water partition coefficient (Wildman–Crippen LogP) is 3.35. The van der Waals surface area contributed by atoms with Crippen LogP contribution in [0.3, 0.4) is 0 Å². The summed E-state index contributed by atoms with van der Waals surface area (Å²) in [5.74, 6) is -0.702. The first kappa shape index (κ1) is 19.3. The summed E-state index contributed by atoms with van der Waals surface area (Å²) in [7, 11) is 0. The van der Waals surface area contributed by atoms with Gasteiger partial charge in [0.05, 0.1) is 12.6 Å². The number of hydrogen-bond donors (Lipinski definition) is 2. The van der Waals surface area contributed by atoms with Gasteiger partial charge in [-0.05, 0) is 44.5 Å². The molecule has 138 valence electrons. The maximum absolute atomic E-state index is 12.5. The molecular weight excluding hydrogens is 334 g/mol. The average Bonchev–Trinajstić information content (AvgIpc) is 2.61. The number of ether oxygens (including phenoxy) is 2. The van der Waals surface area contributed by atoms with Crippen molar-refractivity contribution in [3.8, 4) is 11.5 Å².